The Morgan fingerprint density at radius 1 is 1.11 bits per heavy atom. The van der Waals surface area contributed by atoms with Crippen molar-refractivity contribution in [3.05, 3.63) is 64.6 Å². The van der Waals surface area contributed by atoms with Gasteiger partial charge < -0.3 is 14.5 Å². The molecule has 0 radical (unpaired) electrons. The first-order valence-electron chi connectivity index (χ1n) is 8.54. The molecule has 0 bridgehead atoms. The summed E-state index contributed by atoms with van der Waals surface area (Å²) in [6, 6.07) is 12.0. The molecule has 1 unspecified atom stereocenters. The summed E-state index contributed by atoms with van der Waals surface area (Å²) < 4.78 is 11.4. The summed E-state index contributed by atoms with van der Waals surface area (Å²) in [6.45, 7) is 2.42. The lowest BCUT2D eigenvalue weighted by Crippen LogP contribution is -2.27. The number of ether oxygens (including phenoxy) is 1. The fourth-order valence-electron chi connectivity index (χ4n) is 2.74. The van der Waals surface area contributed by atoms with Gasteiger partial charge in [0.1, 0.15) is 6.04 Å². The summed E-state index contributed by atoms with van der Waals surface area (Å²) in [5, 5.41) is 2.59. The summed E-state index contributed by atoms with van der Waals surface area (Å²) in [5.74, 6) is -2.02. The van der Waals surface area contributed by atoms with E-state index in [1.165, 1.54) is 30.5 Å². The molecule has 1 aromatic heterocycles. The fraction of sp³-hybridized carbons (Fsp3) is 0.200. The van der Waals surface area contributed by atoms with Crippen molar-refractivity contribution >= 4 is 34.4 Å². The van der Waals surface area contributed by atoms with E-state index in [0.29, 0.717) is 22.4 Å². The molecule has 0 spiro atoms. The summed E-state index contributed by atoms with van der Waals surface area (Å²) in [7, 11) is 0. The van der Waals surface area contributed by atoms with Gasteiger partial charge in [0, 0.05) is 18.2 Å². The van der Waals surface area contributed by atoms with Crippen LogP contribution in [0.15, 0.2) is 57.7 Å². The van der Waals surface area contributed by atoms with Gasteiger partial charge >= 0.3 is 11.7 Å². The average Bonchev–Trinajstić information content (AvgIpc) is 3.01. The Hall–Kier alpha value is -3.68. The molecular weight excluding hydrogens is 364 g/mol. The number of Topliss-reactive ketones (excluding diaryl/α,β-unsaturated/α-hetero) is 1. The Labute approximate surface area is 159 Å². The molecule has 28 heavy (non-hydrogen) atoms. The smallest absolute Gasteiger partial charge is 0.420 e. The highest BCUT2D eigenvalue weighted by atomic mass is 16.5. The van der Waals surface area contributed by atoms with Crippen LogP contribution in [0.25, 0.3) is 11.1 Å². The van der Waals surface area contributed by atoms with Gasteiger partial charge in [-0.05, 0) is 43.3 Å². The van der Waals surface area contributed by atoms with Crippen LogP contribution < -0.4 is 11.1 Å². The Bertz CT molecular complexity index is 1090. The number of aromatic nitrogens is 1. The third-order valence-electron chi connectivity index (χ3n) is 4.12. The number of benzene rings is 2. The van der Waals surface area contributed by atoms with Crippen molar-refractivity contribution in [2.24, 2.45) is 0 Å². The van der Waals surface area contributed by atoms with E-state index in [9.17, 15) is 19.2 Å². The number of carbonyl (C=O) groups is 3. The van der Waals surface area contributed by atoms with Gasteiger partial charge in [0.15, 0.2) is 18.0 Å². The SMILES string of the molecule is CC(=O)Nc1ccc(C(=O)COC(=O)C(C)n2c(=O)oc3ccccc32)cc1. The molecule has 2 aromatic carbocycles. The Balaban J connectivity index is 1.66. The number of nitrogens with zero attached hydrogens (tertiary/aromatic N) is 1. The lowest BCUT2D eigenvalue weighted by molar-refractivity contribution is -0.146. The number of hydrogen-bond acceptors (Lipinski definition) is 6. The minimum absolute atomic E-state index is 0.219. The van der Waals surface area contributed by atoms with E-state index in [-0.39, 0.29) is 5.91 Å². The van der Waals surface area contributed by atoms with Crippen LogP contribution in [0.1, 0.15) is 30.2 Å². The number of esters is 1. The van der Waals surface area contributed by atoms with Crippen molar-refractivity contribution in [2.75, 3.05) is 11.9 Å². The van der Waals surface area contributed by atoms with Crippen molar-refractivity contribution in [1.29, 1.82) is 0 Å². The Kier molecular flexibility index (Phi) is 5.39. The number of ketones is 1. The van der Waals surface area contributed by atoms with Crippen LogP contribution in [0.5, 0.6) is 0 Å². The van der Waals surface area contributed by atoms with Gasteiger partial charge in [0.2, 0.25) is 5.91 Å². The Morgan fingerprint density at radius 2 is 1.79 bits per heavy atom. The molecule has 8 nitrogen and oxygen atoms in total. The van der Waals surface area contributed by atoms with Gasteiger partial charge in [-0.15, -0.1) is 0 Å². The molecule has 0 aliphatic carbocycles. The topological polar surface area (TPSA) is 108 Å². The number of oxazole rings is 1. The second-order valence-electron chi connectivity index (χ2n) is 6.17. The molecule has 1 amide bonds. The van der Waals surface area contributed by atoms with Crippen molar-refractivity contribution in [3.8, 4) is 0 Å². The first kappa shape index (κ1) is 19.1. The van der Waals surface area contributed by atoms with Crippen molar-refractivity contribution in [3.63, 3.8) is 0 Å². The van der Waals surface area contributed by atoms with E-state index in [0.717, 1.165) is 0 Å². The maximum Gasteiger partial charge on any atom is 0.420 e. The molecule has 1 heterocycles. The number of hydrogen-bond donors (Lipinski definition) is 1. The van der Waals surface area contributed by atoms with Gasteiger partial charge in [0.05, 0.1) is 5.52 Å². The zero-order chi connectivity index (χ0) is 20.3. The molecule has 8 heteroatoms. The Morgan fingerprint density at radius 3 is 2.46 bits per heavy atom. The molecule has 0 aliphatic rings. The van der Waals surface area contributed by atoms with Crippen LogP contribution in [0, 0.1) is 0 Å². The van der Waals surface area contributed by atoms with E-state index in [1.807, 2.05) is 0 Å². The van der Waals surface area contributed by atoms with Crippen LogP contribution in [0.2, 0.25) is 0 Å². The maximum atomic E-state index is 12.3. The molecular formula is C20H18N2O6. The number of amides is 1. The number of fused-ring (bicyclic) bond motifs is 1. The molecule has 144 valence electrons. The standard InChI is InChI=1S/C20H18N2O6/c1-12(22-16-5-3-4-6-18(16)28-20(22)26)19(25)27-11-17(24)14-7-9-15(10-8-14)21-13(2)23/h3-10,12H,11H2,1-2H3,(H,21,23). The quantitative estimate of drug-likeness (QED) is 0.518. The van der Waals surface area contributed by atoms with Gasteiger partial charge in [0.25, 0.3) is 0 Å². The predicted molar refractivity (Wildman–Crippen MR) is 101 cm³/mol. The highest BCUT2D eigenvalue weighted by Crippen LogP contribution is 2.17. The molecule has 0 fully saturated rings. The van der Waals surface area contributed by atoms with Crippen molar-refractivity contribution in [2.45, 2.75) is 19.9 Å². The zero-order valence-corrected chi connectivity index (χ0v) is 15.3. The molecule has 3 aromatic rings. The van der Waals surface area contributed by atoms with E-state index in [2.05, 4.69) is 5.32 Å². The largest absolute Gasteiger partial charge is 0.456 e. The number of rotatable bonds is 6. The number of nitrogens with one attached hydrogen (secondary N) is 1. The zero-order valence-electron chi connectivity index (χ0n) is 15.3. The van der Waals surface area contributed by atoms with E-state index >= 15 is 0 Å². The monoisotopic (exact) mass is 382 g/mol. The molecule has 3 rings (SSSR count). The average molecular weight is 382 g/mol. The normalized spacial score (nSPS) is 11.8. The maximum absolute atomic E-state index is 12.3. The van der Waals surface area contributed by atoms with Crippen molar-refractivity contribution < 1.29 is 23.5 Å². The van der Waals surface area contributed by atoms with E-state index in [1.54, 1.807) is 36.4 Å². The van der Waals surface area contributed by atoms with Crippen LogP contribution >= 0.6 is 0 Å². The van der Waals surface area contributed by atoms with Crippen LogP contribution in [-0.2, 0) is 14.3 Å². The third-order valence-corrected chi connectivity index (χ3v) is 4.12. The number of anilines is 1. The second kappa shape index (κ2) is 7.91. The third kappa shape index (κ3) is 4.01. The lowest BCUT2D eigenvalue weighted by Gasteiger charge is -2.12. The van der Waals surface area contributed by atoms with Gasteiger partial charge in [-0.25, -0.2) is 9.59 Å². The van der Waals surface area contributed by atoms with Gasteiger partial charge in [-0.2, -0.15) is 0 Å². The van der Waals surface area contributed by atoms with Gasteiger partial charge in [-0.3, -0.25) is 14.2 Å². The number of carbonyl (C=O) groups excluding carboxylic acids is 3. The van der Waals surface area contributed by atoms with E-state index in [4.69, 9.17) is 9.15 Å². The number of para-hydroxylation sites is 2. The molecule has 1 N–H and O–H groups in total. The molecule has 1 atom stereocenters. The fourth-order valence-corrected chi connectivity index (χ4v) is 2.74. The summed E-state index contributed by atoms with van der Waals surface area (Å²) in [4.78, 5) is 47.6. The first-order chi connectivity index (χ1) is 13.4. The minimum Gasteiger partial charge on any atom is -0.456 e. The molecule has 0 saturated heterocycles. The predicted octanol–water partition coefficient (Wildman–Crippen LogP) is 2.54. The minimum atomic E-state index is -0.953. The highest BCUT2D eigenvalue weighted by Gasteiger charge is 2.23. The lowest BCUT2D eigenvalue weighted by atomic mass is 10.1. The molecule has 0 aliphatic heterocycles. The van der Waals surface area contributed by atoms with E-state index < -0.39 is 30.2 Å². The molecule has 0 saturated carbocycles. The first-order valence-corrected chi connectivity index (χ1v) is 8.54. The summed E-state index contributed by atoms with van der Waals surface area (Å²) >= 11 is 0. The summed E-state index contributed by atoms with van der Waals surface area (Å²) in [5.41, 5.74) is 1.72. The summed E-state index contributed by atoms with van der Waals surface area (Å²) in [6.07, 6.45) is 0. The van der Waals surface area contributed by atoms with Crippen LogP contribution in [0.3, 0.4) is 0 Å². The highest BCUT2D eigenvalue weighted by molar-refractivity contribution is 5.98. The van der Waals surface area contributed by atoms with Crippen molar-refractivity contribution in [1.82, 2.24) is 4.57 Å². The second-order valence-corrected chi connectivity index (χ2v) is 6.17. The van der Waals surface area contributed by atoms with Gasteiger partial charge in [-0.1, -0.05) is 12.1 Å². The van der Waals surface area contributed by atoms with Crippen LogP contribution in [-0.4, -0.2) is 28.8 Å². The van der Waals surface area contributed by atoms with Crippen LogP contribution in [0.4, 0.5) is 5.69 Å².